The van der Waals surface area contributed by atoms with E-state index in [1.165, 1.54) is 12.4 Å². The summed E-state index contributed by atoms with van der Waals surface area (Å²) >= 11 is 0. The van der Waals surface area contributed by atoms with Crippen molar-refractivity contribution in [1.29, 1.82) is 0 Å². The van der Waals surface area contributed by atoms with Crippen LogP contribution in [0.5, 0.6) is 0 Å². The van der Waals surface area contributed by atoms with Gasteiger partial charge in [0, 0.05) is 6.20 Å². The number of aromatic nitrogens is 2. The number of esters is 1. The number of rotatable bonds is 9. The lowest BCUT2D eigenvalue weighted by Gasteiger charge is -2.17. The molecule has 1 amide bonds. The van der Waals surface area contributed by atoms with E-state index in [4.69, 9.17) is 4.74 Å². The molecule has 9 heteroatoms. The first-order valence-corrected chi connectivity index (χ1v) is 9.80. The molecule has 0 saturated carbocycles. The fourth-order valence-electron chi connectivity index (χ4n) is 1.91. The molecule has 1 aromatic heterocycles. The molecule has 1 N–H and O–H groups in total. The molecule has 0 bridgehead atoms. The monoisotopic (exact) mass is 359 g/mol. The predicted molar refractivity (Wildman–Crippen MR) is 89.5 cm³/mol. The Kier molecular flexibility index (Phi) is 7.90. The quantitative estimate of drug-likeness (QED) is 0.666. The van der Waals surface area contributed by atoms with E-state index in [0.717, 1.165) is 16.7 Å². The van der Waals surface area contributed by atoms with Gasteiger partial charge in [-0.2, -0.15) is 9.78 Å². The van der Waals surface area contributed by atoms with Gasteiger partial charge in [0.15, 0.2) is 9.84 Å². The highest BCUT2D eigenvalue weighted by atomic mass is 32.2. The SMILES string of the molecule is CCCCS(=O)(=O)C[C@@H](NC(=O)n1cc(C)cn1)C(=O)OCCC. The maximum absolute atomic E-state index is 12.1. The summed E-state index contributed by atoms with van der Waals surface area (Å²) in [5.41, 5.74) is 0.769. The van der Waals surface area contributed by atoms with Gasteiger partial charge in [0.1, 0.15) is 6.04 Å². The lowest BCUT2D eigenvalue weighted by Crippen LogP contribution is -2.48. The molecule has 0 fully saturated rings. The average molecular weight is 359 g/mol. The normalized spacial score (nSPS) is 12.6. The number of nitrogens with zero attached hydrogens (tertiary/aromatic N) is 2. The van der Waals surface area contributed by atoms with Crippen LogP contribution < -0.4 is 5.32 Å². The lowest BCUT2D eigenvalue weighted by molar-refractivity contribution is -0.145. The van der Waals surface area contributed by atoms with Crippen molar-refractivity contribution >= 4 is 21.8 Å². The Morgan fingerprint density at radius 1 is 1.33 bits per heavy atom. The first-order valence-electron chi connectivity index (χ1n) is 7.98. The predicted octanol–water partition coefficient (Wildman–Crippen LogP) is 1.29. The Labute approximate surface area is 142 Å². The molecule has 136 valence electrons. The summed E-state index contributed by atoms with van der Waals surface area (Å²) in [7, 11) is -3.48. The molecule has 0 aliphatic heterocycles. The minimum atomic E-state index is -3.48. The Hall–Kier alpha value is -1.90. The van der Waals surface area contributed by atoms with Crippen LogP contribution in [0.25, 0.3) is 0 Å². The van der Waals surface area contributed by atoms with Crippen LogP contribution in [0.2, 0.25) is 0 Å². The highest BCUT2D eigenvalue weighted by molar-refractivity contribution is 7.91. The molecule has 1 atom stereocenters. The summed E-state index contributed by atoms with van der Waals surface area (Å²) < 4.78 is 30.3. The Bertz CT molecular complexity index is 654. The molecule has 0 aliphatic rings. The van der Waals surface area contributed by atoms with Crippen molar-refractivity contribution in [1.82, 2.24) is 15.1 Å². The van der Waals surface area contributed by atoms with E-state index in [1.807, 2.05) is 13.8 Å². The van der Waals surface area contributed by atoms with Crippen LogP contribution in [0, 0.1) is 6.92 Å². The molecule has 1 heterocycles. The van der Waals surface area contributed by atoms with E-state index in [9.17, 15) is 18.0 Å². The van der Waals surface area contributed by atoms with E-state index < -0.39 is 33.6 Å². The van der Waals surface area contributed by atoms with Gasteiger partial charge in [0.2, 0.25) is 0 Å². The van der Waals surface area contributed by atoms with Gasteiger partial charge in [-0.25, -0.2) is 18.0 Å². The molecule has 0 aliphatic carbocycles. The van der Waals surface area contributed by atoms with Crippen LogP contribution in [-0.4, -0.2) is 54.4 Å². The molecule has 8 nitrogen and oxygen atoms in total. The Morgan fingerprint density at radius 3 is 2.58 bits per heavy atom. The molecule has 1 aromatic rings. The molecule has 0 radical (unpaired) electrons. The van der Waals surface area contributed by atoms with Gasteiger partial charge < -0.3 is 10.1 Å². The van der Waals surface area contributed by atoms with E-state index in [2.05, 4.69) is 10.4 Å². The van der Waals surface area contributed by atoms with E-state index in [1.54, 1.807) is 6.92 Å². The number of carbonyl (C=O) groups excluding carboxylic acids is 2. The number of nitrogens with one attached hydrogen (secondary N) is 1. The first kappa shape index (κ1) is 20.1. The van der Waals surface area contributed by atoms with Crippen LogP contribution in [0.4, 0.5) is 4.79 Å². The zero-order valence-electron chi connectivity index (χ0n) is 14.3. The largest absolute Gasteiger partial charge is 0.464 e. The van der Waals surface area contributed by atoms with Crippen molar-refractivity contribution in [2.45, 2.75) is 46.1 Å². The molecular weight excluding hydrogens is 334 g/mol. The van der Waals surface area contributed by atoms with Gasteiger partial charge in [-0.1, -0.05) is 20.3 Å². The third-order valence-corrected chi connectivity index (χ3v) is 4.93. The number of unbranched alkanes of at least 4 members (excludes halogenated alkanes) is 1. The van der Waals surface area contributed by atoms with Crippen LogP contribution in [-0.2, 0) is 19.4 Å². The maximum atomic E-state index is 12.1. The van der Waals surface area contributed by atoms with Gasteiger partial charge in [-0.3, -0.25) is 0 Å². The van der Waals surface area contributed by atoms with Gasteiger partial charge in [0.05, 0.1) is 24.3 Å². The van der Waals surface area contributed by atoms with E-state index in [-0.39, 0.29) is 12.4 Å². The van der Waals surface area contributed by atoms with Crippen LogP contribution >= 0.6 is 0 Å². The molecule has 0 spiro atoms. The molecule has 0 unspecified atom stereocenters. The first-order chi connectivity index (χ1) is 11.3. The number of sulfone groups is 1. The fraction of sp³-hybridized carbons (Fsp3) is 0.667. The molecular formula is C15H25N3O5S. The van der Waals surface area contributed by atoms with Crippen LogP contribution in [0.3, 0.4) is 0 Å². The van der Waals surface area contributed by atoms with Crippen molar-refractivity contribution in [3.8, 4) is 0 Å². The number of carbonyl (C=O) groups is 2. The van der Waals surface area contributed by atoms with E-state index >= 15 is 0 Å². The molecule has 0 saturated heterocycles. The number of hydrogen-bond acceptors (Lipinski definition) is 6. The van der Waals surface area contributed by atoms with Gasteiger partial charge in [-0.05, 0) is 25.3 Å². The van der Waals surface area contributed by atoms with Crippen LogP contribution in [0.15, 0.2) is 12.4 Å². The average Bonchev–Trinajstić information content (AvgIpc) is 2.96. The number of ether oxygens (including phenoxy) is 1. The second kappa shape index (κ2) is 9.41. The summed E-state index contributed by atoms with van der Waals surface area (Å²) in [6.07, 6.45) is 4.80. The Morgan fingerprint density at radius 2 is 2.04 bits per heavy atom. The highest BCUT2D eigenvalue weighted by Crippen LogP contribution is 2.04. The fourth-order valence-corrected chi connectivity index (χ4v) is 3.53. The maximum Gasteiger partial charge on any atom is 0.342 e. The molecule has 1 rings (SSSR count). The van der Waals surface area contributed by atoms with Crippen molar-refractivity contribution in [3.63, 3.8) is 0 Å². The van der Waals surface area contributed by atoms with Gasteiger partial charge in [-0.15, -0.1) is 0 Å². The summed E-state index contributed by atoms with van der Waals surface area (Å²) in [5.74, 6) is -1.27. The molecule has 0 aromatic carbocycles. The summed E-state index contributed by atoms with van der Waals surface area (Å²) in [5, 5.41) is 6.24. The van der Waals surface area contributed by atoms with E-state index in [0.29, 0.717) is 12.8 Å². The summed E-state index contributed by atoms with van der Waals surface area (Å²) in [4.78, 5) is 24.2. The summed E-state index contributed by atoms with van der Waals surface area (Å²) in [6, 6.07) is -1.93. The van der Waals surface area contributed by atoms with Gasteiger partial charge >= 0.3 is 12.0 Å². The minimum Gasteiger partial charge on any atom is -0.464 e. The zero-order chi connectivity index (χ0) is 18.2. The third-order valence-electron chi connectivity index (χ3n) is 3.18. The second-order valence-corrected chi connectivity index (χ2v) is 7.83. The second-order valence-electron chi connectivity index (χ2n) is 5.60. The van der Waals surface area contributed by atoms with Crippen molar-refractivity contribution in [2.75, 3.05) is 18.1 Å². The van der Waals surface area contributed by atoms with Gasteiger partial charge in [0.25, 0.3) is 0 Å². The number of aryl methyl sites for hydroxylation is 1. The third kappa shape index (κ3) is 6.69. The van der Waals surface area contributed by atoms with Crippen molar-refractivity contribution < 1.29 is 22.7 Å². The van der Waals surface area contributed by atoms with Crippen molar-refractivity contribution in [2.24, 2.45) is 0 Å². The minimum absolute atomic E-state index is 0.0300. The smallest absolute Gasteiger partial charge is 0.342 e. The van der Waals surface area contributed by atoms with Crippen LogP contribution in [0.1, 0.15) is 38.7 Å². The standard InChI is InChI=1S/C15H25N3O5S/c1-4-6-8-24(21,22)11-13(14(19)23-7-5-2)17-15(20)18-10-12(3)9-16-18/h9-10,13H,4-8,11H2,1-3H3,(H,17,20)/t13-/m1/s1. The summed E-state index contributed by atoms with van der Waals surface area (Å²) in [6.45, 7) is 5.63. The zero-order valence-corrected chi connectivity index (χ0v) is 15.1. The lowest BCUT2D eigenvalue weighted by atomic mass is 10.3. The highest BCUT2D eigenvalue weighted by Gasteiger charge is 2.28. The topological polar surface area (TPSA) is 107 Å². The van der Waals surface area contributed by atoms with Crippen molar-refractivity contribution in [3.05, 3.63) is 18.0 Å². The Balaban J connectivity index is 2.84. The number of amides is 1. The number of hydrogen-bond donors (Lipinski definition) is 1. The molecule has 24 heavy (non-hydrogen) atoms.